The Bertz CT molecular complexity index is 452. The van der Waals surface area contributed by atoms with Crippen LogP contribution in [0.5, 0.6) is 5.75 Å². The van der Waals surface area contributed by atoms with Crippen molar-refractivity contribution in [2.24, 2.45) is 0 Å². The molecule has 1 aromatic heterocycles. The highest BCUT2D eigenvalue weighted by molar-refractivity contribution is 9.10. The average molecular weight is 318 g/mol. The lowest BCUT2D eigenvalue weighted by Crippen LogP contribution is -1.92. The molecule has 2 rings (SSSR count). The SMILES string of the molecule is ClCc1ccc(OCc2cc(Br)cs2)cc1. The molecule has 2 aromatic rings. The summed E-state index contributed by atoms with van der Waals surface area (Å²) in [5.41, 5.74) is 1.10. The Hall–Kier alpha value is -0.510. The second-order valence-corrected chi connectivity index (χ2v) is 5.48. The van der Waals surface area contributed by atoms with Crippen LogP contribution in [0.15, 0.2) is 40.2 Å². The van der Waals surface area contributed by atoms with Gasteiger partial charge in [0, 0.05) is 20.6 Å². The van der Waals surface area contributed by atoms with E-state index in [9.17, 15) is 0 Å². The summed E-state index contributed by atoms with van der Waals surface area (Å²) < 4.78 is 6.76. The molecule has 0 aliphatic heterocycles. The smallest absolute Gasteiger partial charge is 0.122 e. The van der Waals surface area contributed by atoms with Gasteiger partial charge in [-0.15, -0.1) is 22.9 Å². The van der Waals surface area contributed by atoms with Gasteiger partial charge in [-0.05, 0) is 39.7 Å². The fourth-order valence-electron chi connectivity index (χ4n) is 1.26. The van der Waals surface area contributed by atoms with Crippen LogP contribution < -0.4 is 4.74 Å². The molecule has 1 heterocycles. The van der Waals surface area contributed by atoms with E-state index in [0.29, 0.717) is 12.5 Å². The molecule has 0 amide bonds. The Morgan fingerprint density at radius 1 is 1.25 bits per heavy atom. The first kappa shape index (κ1) is 12.0. The Labute approximate surface area is 112 Å². The summed E-state index contributed by atoms with van der Waals surface area (Å²) in [6, 6.07) is 9.91. The highest BCUT2D eigenvalue weighted by Gasteiger charge is 1.99. The zero-order valence-corrected chi connectivity index (χ0v) is 11.6. The largest absolute Gasteiger partial charge is 0.488 e. The van der Waals surface area contributed by atoms with Gasteiger partial charge in [0.25, 0.3) is 0 Å². The maximum Gasteiger partial charge on any atom is 0.122 e. The molecule has 0 aliphatic carbocycles. The van der Waals surface area contributed by atoms with Gasteiger partial charge >= 0.3 is 0 Å². The fourth-order valence-corrected chi connectivity index (χ4v) is 2.80. The maximum absolute atomic E-state index is 5.71. The van der Waals surface area contributed by atoms with Gasteiger partial charge in [0.2, 0.25) is 0 Å². The summed E-state index contributed by atoms with van der Waals surface area (Å²) in [6.45, 7) is 0.608. The van der Waals surface area contributed by atoms with E-state index >= 15 is 0 Å². The molecule has 0 atom stereocenters. The minimum absolute atomic E-state index is 0.540. The summed E-state index contributed by atoms with van der Waals surface area (Å²) in [7, 11) is 0. The highest BCUT2D eigenvalue weighted by atomic mass is 79.9. The van der Waals surface area contributed by atoms with Gasteiger partial charge in [-0.3, -0.25) is 0 Å². The Morgan fingerprint density at radius 2 is 2.00 bits per heavy atom. The highest BCUT2D eigenvalue weighted by Crippen LogP contribution is 2.22. The molecule has 0 aliphatic rings. The predicted molar refractivity (Wildman–Crippen MR) is 72.4 cm³/mol. The third-order valence-electron chi connectivity index (χ3n) is 2.08. The van der Waals surface area contributed by atoms with Gasteiger partial charge in [-0.25, -0.2) is 0 Å². The van der Waals surface area contributed by atoms with Gasteiger partial charge in [0.05, 0.1) is 0 Å². The van der Waals surface area contributed by atoms with Crippen molar-refractivity contribution >= 4 is 38.9 Å². The lowest BCUT2D eigenvalue weighted by atomic mass is 10.2. The molecule has 0 spiro atoms. The summed E-state index contributed by atoms with van der Waals surface area (Å²) in [4.78, 5) is 1.20. The maximum atomic E-state index is 5.71. The van der Waals surface area contributed by atoms with Crippen molar-refractivity contribution in [1.29, 1.82) is 0 Å². The third kappa shape index (κ3) is 3.24. The fraction of sp³-hybridized carbons (Fsp3) is 0.167. The van der Waals surface area contributed by atoms with Crippen LogP contribution in [0.25, 0.3) is 0 Å². The van der Waals surface area contributed by atoms with Crippen LogP contribution in [-0.4, -0.2) is 0 Å². The first-order valence-electron chi connectivity index (χ1n) is 4.78. The van der Waals surface area contributed by atoms with Crippen LogP contribution >= 0.6 is 38.9 Å². The lowest BCUT2D eigenvalue weighted by molar-refractivity contribution is 0.309. The van der Waals surface area contributed by atoms with Crippen molar-refractivity contribution in [3.05, 3.63) is 50.6 Å². The zero-order chi connectivity index (χ0) is 11.4. The second-order valence-electron chi connectivity index (χ2n) is 3.30. The Kier molecular flexibility index (Phi) is 4.27. The molecule has 1 nitrogen and oxygen atoms in total. The number of hydrogen-bond donors (Lipinski definition) is 0. The van der Waals surface area contributed by atoms with E-state index in [1.165, 1.54) is 4.88 Å². The first-order chi connectivity index (χ1) is 7.78. The normalized spacial score (nSPS) is 10.4. The minimum atomic E-state index is 0.540. The number of rotatable bonds is 4. The van der Waals surface area contributed by atoms with Crippen LogP contribution in [-0.2, 0) is 12.5 Å². The molecule has 16 heavy (non-hydrogen) atoms. The van der Waals surface area contributed by atoms with E-state index in [0.717, 1.165) is 15.8 Å². The van der Waals surface area contributed by atoms with Crippen LogP contribution in [0, 0.1) is 0 Å². The van der Waals surface area contributed by atoms with Gasteiger partial charge in [0.15, 0.2) is 0 Å². The molecule has 0 bridgehead atoms. The number of benzene rings is 1. The molecule has 0 N–H and O–H groups in total. The number of thiophene rings is 1. The zero-order valence-electron chi connectivity index (χ0n) is 8.45. The van der Waals surface area contributed by atoms with Crippen molar-refractivity contribution in [2.45, 2.75) is 12.5 Å². The van der Waals surface area contributed by atoms with Crippen molar-refractivity contribution in [3.63, 3.8) is 0 Å². The van der Waals surface area contributed by atoms with Crippen molar-refractivity contribution in [1.82, 2.24) is 0 Å². The molecule has 84 valence electrons. The molecule has 0 saturated heterocycles. The summed E-state index contributed by atoms with van der Waals surface area (Å²) in [5, 5.41) is 2.05. The van der Waals surface area contributed by atoms with Crippen molar-refractivity contribution in [3.8, 4) is 5.75 Å². The van der Waals surface area contributed by atoms with Crippen LogP contribution in [0.1, 0.15) is 10.4 Å². The van der Waals surface area contributed by atoms with E-state index in [-0.39, 0.29) is 0 Å². The monoisotopic (exact) mass is 316 g/mol. The molecule has 0 radical (unpaired) electrons. The van der Waals surface area contributed by atoms with Crippen LogP contribution in [0.3, 0.4) is 0 Å². The molecule has 1 aromatic carbocycles. The molecule has 0 saturated carbocycles. The molecule has 0 fully saturated rings. The number of alkyl halides is 1. The van der Waals surface area contributed by atoms with E-state index in [1.54, 1.807) is 11.3 Å². The third-order valence-corrected chi connectivity index (χ3v) is 4.06. The quantitative estimate of drug-likeness (QED) is 0.734. The number of hydrogen-bond acceptors (Lipinski definition) is 2. The van der Waals surface area contributed by atoms with Crippen LogP contribution in [0.2, 0.25) is 0 Å². The molecular weight excluding hydrogens is 308 g/mol. The van der Waals surface area contributed by atoms with Gasteiger partial charge < -0.3 is 4.74 Å². The Balaban J connectivity index is 1.94. The van der Waals surface area contributed by atoms with Crippen molar-refractivity contribution in [2.75, 3.05) is 0 Å². The first-order valence-corrected chi connectivity index (χ1v) is 6.99. The average Bonchev–Trinajstić information content (AvgIpc) is 2.73. The summed E-state index contributed by atoms with van der Waals surface area (Å²) >= 11 is 10.8. The Morgan fingerprint density at radius 3 is 2.56 bits per heavy atom. The standard InChI is InChI=1S/C12H10BrClOS/c13-10-5-12(16-8-10)7-15-11-3-1-9(6-14)2-4-11/h1-5,8H,6-7H2. The molecular formula is C12H10BrClOS. The lowest BCUT2D eigenvalue weighted by Gasteiger charge is -2.04. The van der Waals surface area contributed by atoms with Crippen molar-refractivity contribution < 1.29 is 4.74 Å². The molecule has 0 unspecified atom stereocenters. The summed E-state index contributed by atoms with van der Waals surface area (Å²) in [6.07, 6.45) is 0. The van der Waals surface area contributed by atoms with E-state index in [1.807, 2.05) is 24.3 Å². The van der Waals surface area contributed by atoms with E-state index < -0.39 is 0 Å². The second kappa shape index (κ2) is 5.71. The van der Waals surface area contributed by atoms with Gasteiger partial charge in [0.1, 0.15) is 12.4 Å². The molecule has 4 heteroatoms. The van der Waals surface area contributed by atoms with E-state index in [2.05, 4.69) is 27.4 Å². The number of halogens is 2. The topological polar surface area (TPSA) is 9.23 Å². The van der Waals surface area contributed by atoms with E-state index in [4.69, 9.17) is 16.3 Å². The van der Waals surface area contributed by atoms with Gasteiger partial charge in [-0.1, -0.05) is 12.1 Å². The van der Waals surface area contributed by atoms with Gasteiger partial charge in [-0.2, -0.15) is 0 Å². The number of ether oxygens (including phenoxy) is 1. The summed E-state index contributed by atoms with van der Waals surface area (Å²) in [5.74, 6) is 1.41. The van der Waals surface area contributed by atoms with Crippen LogP contribution in [0.4, 0.5) is 0 Å². The predicted octanol–water partition coefficient (Wildman–Crippen LogP) is 4.83. The minimum Gasteiger partial charge on any atom is -0.488 e.